The number of nitrogen functional groups attached to an aromatic ring is 1. The van der Waals surface area contributed by atoms with Gasteiger partial charge in [0.1, 0.15) is 10.7 Å². The summed E-state index contributed by atoms with van der Waals surface area (Å²) in [5.74, 6) is -0.397. The van der Waals surface area contributed by atoms with Crippen LogP contribution in [-0.4, -0.2) is 43.2 Å². The molecule has 2 rings (SSSR count). The standard InChI is InChI=1S/C13H19BrN4O3S/c1-18(8-12(19)17-10-4-2-3-5-10)22(20,21)11-6-9(14)7-16-13(11)15/h6-7,10H,2-5,8H2,1H3,(H2,15,16)(H,17,19). The van der Waals surface area contributed by atoms with Crippen LogP contribution in [0.25, 0.3) is 0 Å². The van der Waals surface area contributed by atoms with Crippen LogP contribution in [0, 0.1) is 0 Å². The summed E-state index contributed by atoms with van der Waals surface area (Å²) in [7, 11) is -2.51. The Hall–Kier alpha value is -1.19. The zero-order valence-electron chi connectivity index (χ0n) is 12.3. The lowest BCUT2D eigenvalue weighted by molar-refractivity contribution is -0.121. The first-order valence-corrected chi connectivity index (χ1v) is 9.20. The number of sulfonamides is 1. The molecule has 122 valence electrons. The second kappa shape index (κ2) is 6.93. The Morgan fingerprint density at radius 2 is 2.14 bits per heavy atom. The van der Waals surface area contributed by atoms with E-state index in [1.54, 1.807) is 0 Å². The van der Waals surface area contributed by atoms with Gasteiger partial charge in [0, 0.05) is 23.8 Å². The normalized spacial score (nSPS) is 16.1. The fourth-order valence-corrected chi connectivity index (χ4v) is 4.14. The van der Waals surface area contributed by atoms with Gasteiger partial charge in [0.25, 0.3) is 0 Å². The predicted molar refractivity (Wildman–Crippen MR) is 86.6 cm³/mol. The maximum Gasteiger partial charge on any atom is 0.246 e. The Morgan fingerprint density at radius 3 is 2.77 bits per heavy atom. The van der Waals surface area contributed by atoms with Gasteiger partial charge < -0.3 is 11.1 Å². The Bertz CT molecular complexity index is 659. The zero-order valence-corrected chi connectivity index (χ0v) is 14.7. The third-order valence-corrected chi connectivity index (χ3v) is 5.89. The minimum absolute atomic E-state index is 0.0914. The molecule has 0 spiro atoms. The quantitative estimate of drug-likeness (QED) is 0.782. The average Bonchev–Trinajstić information content (AvgIpc) is 2.93. The summed E-state index contributed by atoms with van der Waals surface area (Å²) >= 11 is 3.17. The van der Waals surface area contributed by atoms with E-state index in [1.807, 2.05) is 0 Å². The van der Waals surface area contributed by atoms with Gasteiger partial charge in [0.05, 0.1) is 6.54 Å². The van der Waals surface area contributed by atoms with E-state index in [-0.39, 0.29) is 29.2 Å². The lowest BCUT2D eigenvalue weighted by atomic mass is 10.2. The van der Waals surface area contributed by atoms with Crippen LogP contribution >= 0.6 is 15.9 Å². The topological polar surface area (TPSA) is 105 Å². The highest BCUT2D eigenvalue weighted by Gasteiger charge is 2.27. The van der Waals surface area contributed by atoms with Gasteiger partial charge in [0.2, 0.25) is 15.9 Å². The number of halogens is 1. The number of nitrogens with one attached hydrogen (secondary N) is 1. The molecule has 0 atom stereocenters. The molecule has 1 aliphatic rings. The molecule has 1 aromatic heterocycles. The van der Waals surface area contributed by atoms with Crippen LogP contribution in [0.5, 0.6) is 0 Å². The van der Waals surface area contributed by atoms with E-state index >= 15 is 0 Å². The Kier molecular flexibility index (Phi) is 5.41. The minimum atomic E-state index is -3.87. The molecule has 1 amide bonds. The van der Waals surface area contributed by atoms with Crippen LogP contribution in [0.4, 0.5) is 5.82 Å². The van der Waals surface area contributed by atoms with Crippen LogP contribution < -0.4 is 11.1 Å². The van der Waals surface area contributed by atoms with Crippen molar-refractivity contribution in [3.05, 3.63) is 16.7 Å². The SMILES string of the molecule is CN(CC(=O)NC1CCCC1)S(=O)(=O)c1cc(Br)cnc1N. The first-order chi connectivity index (χ1) is 10.3. The molecule has 0 bridgehead atoms. The van der Waals surface area contributed by atoms with E-state index in [9.17, 15) is 13.2 Å². The third kappa shape index (κ3) is 3.96. The average molecular weight is 391 g/mol. The fourth-order valence-electron chi connectivity index (χ4n) is 2.44. The van der Waals surface area contributed by atoms with Gasteiger partial charge in [-0.05, 0) is 34.8 Å². The van der Waals surface area contributed by atoms with Crippen LogP contribution in [0.2, 0.25) is 0 Å². The number of carbonyl (C=O) groups excluding carboxylic acids is 1. The van der Waals surface area contributed by atoms with Crippen LogP contribution in [-0.2, 0) is 14.8 Å². The number of amides is 1. The van der Waals surface area contributed by atoms with Crippen LogP contribution in [0.3, 0.4) is 0 Å². The molecule has 1 fully saturated rings. The molecule has 0 saturated heterocycles. The van der Waals surface area contributed by atoms with Crippen molar-refractivity contribution in [3.63, 3.8) is 0 Å². The Balaban J connectivity index is 2.08. The van der Waals surface area contributed by atoms with Crippen molar-refractivity contribution in [2.24, 2.45) is 0 Å². The molecule has 0 aromatic carbocycles. The van der Waals surface area contributed by atoms with Crippen molar-refractivity contribution in [1.29, 1.82) is 0 Å². The maximum atomic E-state index is 12.5. The molecular weight excluding hydrogens is 372 g/mol. The van der Waals surface area contributed by atoms with Crippen molar-refractivity contribution < 1.29 is 13.2 Å². The number of hydrogen-bond donors (Lipinski definition) is 2. The van der Waals surface area contributed by atoms with Crippen LogP contribution in [0.1, 0.15) is 25.7 Å². The van der Waals surface area contributed by atoms with Gasteiger partial charge in [-0.3, -0.25) is 4.79 Å². The lowest BCUT2D eigenvalue weighted by Crippen LogP contribution is -2.42. The van der Waals surface area contributed by atoms with Crippen molar-refractivity contribution in [2.75, 3.05) is 19.3 Å². The summed E-state index contributed by atoms with van der Waals surface area (Å²) in [6.07, 6.45) is 5.51. The summed E-state index contributed by atoms with van der Waals surface area (Å²) < 4.78 is 26.5. The number of nitrogens with two attached hydrogens (primary N) is 1. The van der Waals surface area contributed by atoms with E-state index < -0.39 is 10.0 Å². The van der Waals surface area contributed by atoms with Gasteiger partial charge in [-0.2, -0.15) is 4.31 Å². The molecule has 1 saturated carbocycles. The highest BCUT2D eigenvalue weighted by Crippen LogP contribution is 2.23. The molecule has 1 aliphatic carbocycles. The van der Waals surface area contributed by atoms with Crippen molar-refractivity contribution in [3.8, 4) is 0 Å². The smallest absolute Gasteiger partial charge is 0.246 e. The second-order valence-corrected chi connectivity index (χ2v) is 8.28. The summed E-state index contributed by atoms with van der Waals surface area (Å²) in [6, 6.07) is 1.53. The maximum absolute atomic E-state index is 12.5. The summed E-state index contributed by atoms with van der Waals surface area (Å²) in [5.41, 5.74) is 5.64. The summed E-state index contributed by atoms with van der Waals surface area (Å²) in [4.78, 5) is 15.7. The van der Waals surface area contributed by atoms with Crippen LogP contribution in [0.15, 0.2) is 21.6 Å². The molecule has 0 aliphatic heterocycles. The molecule has 3 N–H and O–H groups in total. The summed E-state index contributed by atoms with van der Waals surface area (Å²) in [6.45, 7) is -0.245. The number of nitrogens with zero attached hydrogens (tertiary/aromatic N) is 2. The van der Waals surface area contributed by atoms with Crippen molar-refractivity contribution >= 4 is 37.7 Å². The van der Waals surface area contributed by atoms with E-state index in [0.717, 1.165) is 30.0 Å². The van der Waals surface area contributed by atoms with Gasteiger partial charge in [0.15, 0.2) is 0 Å². The number of likely N-dealkylation sites (N-methyl/N-ethyl adjacent to an activating group) is 1. The number of carbonyl (C=O) groups is 1. The third-order valence-electron chi connectivity index (χ3n) is 3.62. The highest BCUT2D eigenvalue weighted by molar-refractivity contribution is 9.10. The number of rotatable bonds is 5. The Morgan fingerprint density at radius 1 is 1.50 bits per heavy atom. The molecule has 0 radical (unpaired) electrons. The van der Waals surface area contributed by atoms with Crippen molar-refractivity contribution in [1.82, 2.24) is 14.6 Å². The van der Waals surface area contributed by atoms with Gasteiger partial charge in [-0.1, -0.05) is 12.8 Å². The van der Waals surface area contributed by atoms with E-state index in [2.05, 4.69) is 26.2 Å². The predicted octanol–water partition coefficient (Wildman–Crippen LogP) is 1.11. The molecule has 7 nitrogen and oxygen atoms in total. The van der Waals surface area contributed by atoms with E-state index in [1.165, 1.54) is 19.3 Å². The number of anilines is 1. The number of aromatic nitrogens is 1. The Labute approximate surface area is 138 Å². The largest absolute Gasteiger partial charge is 0.383 e. The molecule has 1 heterocycles. The van der Waals surface area contributed by atoms with Gasteiger partial charge >= 0.3 is 0 Å². The molecule has 22 heavy (non-hydrogen) atoms. The highest BCUT2D eigenvalue weighted by atomic mass is 79.9. The second-order valence-electron chi connectivity index (χ2n) is 5.35. The lowest BCUT2D eigenvalue weighted by Gasteiger charge is -2.19. The fraction of sp³-hybridized carbons (Fsp3) is 0.538. The first kappa shape index (κ1) is 17.2. The molecule has 9 heteroatoms. The summed E-state index contributed by atoms with van der Waals surface area (Å²) in [5, 5.41) is 2.86. The number of pyridine rings is 1. The van der Waals surface area contributed by atoms with E-state index in [4.69, 9.17) is 5.73 Å². The molecule has 0 unspecified atom stereocenters. The molecule has 1 aromatic rings. The monoisotopic (exact) mass is 390 g/mol. The first-order valence-electron chi connectivity index (χ1n) is 6.97. The van der Waals surface area contributed by atoms with E-state index in [0.29, 0.717) is 4.47 Å². The zero-order chi connectivity index (χ0) is 16.3. The van der Waals surface area contributed by atoms with Crippen molar-refractivity contribution in [2.45, 2.75) is 36.6 Å². The minimum Gasteiger partial charge on any atom is -0.383 e. The van der Waals surface area contributed by atoms with Gasteiger partial charge in [-0.25, -0.2) is 13.4 Å². The van der Waals surface area contributed by atoms with Gasteiger partial charge in [-0.15, -0.1) is 0 Å². The number of hydrogen-bond acceptors (Lipinski definition) is 5. The molecular formula is C13H19BrN4O3S.